The van der Waals surface area contributed by atoms with Crippen LogP contribution in [0.15, 0.2) is 116 Å². The van der Waals surface area contributed by atoms with Crippen LogP contribution < -0.4 is 0 Å². The van der Waals surface area contributed by atoms with Crippen LogP contribution in [0.25, 0.3) is 44.4 Å². The van der Waals surface area contributed by atoms with Gasteiger partial charge < -0.3 is 9.97 Å². The van der Waals surface area contributed by atoms with Crippen LogP contribution in [0.1, 0.15) is 31.9 Å². The number of aromatic nitrogens is 2. The second-order valence-electron chi connectivity index (χ2n) is 11.0. The molecular formula is C37H28F4IrN2-2. The van der Waals surface area contributed by atoms with Gasteiger partial charge in [-0.25, -0.2) is 0 Å². The molecule has 0 atom stereocenters. The first-order valence-corrected chi connectivity index (χ1v) is 13.7. The second-order valence-corrected chi connectivity index (χ2v) is 11.0. The van der Waals surface area contributed by atoms with Gasteiger partial charge in [0.05, 0.1) is 0 Å². The van der Waals surface area contributed by atoms with Gasteiger partial charge in [0.15, 0.2) is 0 Å². The van der Waals surface area contributed by atoms with Crippen LogP contribution in [-0.2, 0) is 31.7 Å². The van der Waals surface area contributed by atoms with Crippen molar-refractivity contribution in [3.05, 3.63) is 145 Å². The molecular weight excluding hydrogens is 741 g/mol. The molecule has 0 saturated carbocycles. The van der Waals surface area contributed by atoms with E-state index in [0.717, 1.165) is 51.2 Å². The minimum Gasteiger partial charge on any atom is -0.305 e. The summed E-state index contributed by atoms with van der Waals surface area (Å²) in [6, 6.07) is 35.3. The normalized spacial score (nSPS) is 11.3. The maximum absolute atomic E-state index is 13.0. The Hall–Kier alpha value is -4.19. The van der Waals surface area contributed by atoms with Crippen LogP contribution in [0.2, 0.25) is 0 Å². The number of nitrogens with zero attached hydrogens (tertiary/aromatic N) is 2. The standard InChI is InChI=1S/C26H21F3N.C11H7FN.Ir/c1-25(2,3)23-7-5-4-6-22(23)19-12-13-30-24(16-19)20-9-8-18-15-21(26(27,28)29)11-10-17(18)14-20;12-10-6-4-9(5-7-10)11-3-1-2-8-13-11;/h4-8,10-16H,1-3H3;1-4,6-8H;/q2*-1;. The number of benzene rings is 4. The molecule has 0 unspecified atom stereocenters. The fourth-order valence-corrected chi connectivity index (χ4v) is 4.73. The number of fused-ring (bicyclic) bond motifs is 1. The first-order chi connectivity index (χ1) is 20.5. The predicted molar refractivity (Wildman–Crippen MR) is 164 cm³/mol. The average Bonchev–Trinajstić information content (AvgIpc) is 3.01. The van der Waals surface area contributed by atoms with Crippen LogP contribution in [0.3, 0.4) is 0 Å². The molecule has 0 aliphatic carbocycles. The van der Waals surface area contributed by atoms with Crippen molar-refractivity contribution in [3.8, 4) is 33.6 Å². The Kier molecular flexibility index (Phi) is 10.1. The van der Waals surface area contributed by atoms with Crippen LogP contribution in [0.4, 0.5) is 17.6 Å². The van der Waals surface area contributed by atoms with Gasteiger partial charge in [-0.2, -0.15) is 13.2 Å². The Labute approximate surface area is 268 Å². The summed E-state index contributed by atoms with van der Waals surface area (Å²) in [5.41, 5.74) is 5.86. The van der Waals surface area contributed by atoms with E-state index in [1.165, 1.54) is 23.8 Å². The van der Waals surface area contributed by atoms with E-state index < -0.39 is 11.7 Å². The smallest absolute Gasteiger partial charge is 0.305 e. The van der Waals surface area contributed by atoms with Crippen LogP contribution in [0, 0.1) is 17.9 Å². The molecule has 0 aliphatic heterocycles. The van der Waals surface area contributed by atoms with Gasteiger partial charge in [-0.05, 0) is 45.6 Å². The van der Waals surface area contributed by atoms with Gasteiger partial charge in [0, 0.05) is 43.9 Å². The molecule has 1 radical (unpaired) electrons. The number of hydrogen-bond donors (Lipinski definition) is 0. The summed E-state index contributed by atoms with van der Waals surface area (Å²) in [4.78, 5) is 8.60. The maximum atomic E-state index is 13.0. The molecule has 6 rings (SSSR count). The van der Waals surface area contributed by atoms with Crippen molar-refractivity contribution in [1.29, 1.82) is 0 Å². The third kappa shape index (κ3) is 7.84. The number of alkyl halides is 3. The number of halogens is 4. The third-order valence-corrected chi connectivity index (χ3v) is 6.89. The van der Waals surface area contributed by atoms with Crippen molar-refractivity contribution in [2.45, 2.75) is 32.4 Å². The first kappa shape index (κ1) is 32.7. The summed E-state index contributed by atoms with van der Waals surface area (Å²) in [5, 5.41) is 1.22. The average molecular weight is 769 g/mol. The van der Waals surface area contributed by atoms with E-state index >= 15 is 0 Å². The second kappa shape index (κ2) is 13.6. The van der Waals surface area contributed by atoms with Crippen molar-refractivity contribution in [3.63, 3.8) is 0 Å². The van der Waals surface area contributed by atoms with Crippen LogP contribution in [0.5, 0.6) is 0 Å². The molecule has 0 amide bonds. The van der Waals surface area contributed by atoms with Crippen molar-refractivity contribution in [2.75, 3.05) is 0 Å². The van der Waals surface area contributed by atoms with E-state index in [2.05, 4.69) is 55.0 Å². The van der Waals surface area contributed by atoms with Crippen LogP contribution in [-0.4, -0.2) is 9.97 Å². The van der Waals surface area contributed by atoms with E-state index in [-0.39, 0.29) is 31.3 Å². The topological polar surface area (TPSA) is 25.8 Å². The molecule has 0 aliphatic rings. The molecule has 0 N–H and O–H groups in total. The van der Waals surface area contributed by atoms with Crippen molar-refractivity contribution >= 4 is 10.8 Å². The van der Waals surface area contributed by atoms with E-state index in [9.17, 15) is 17.6 Å². The molecule has 7 heteroatoms. The molecule has 0 saturated heterocycles. The first-order valence-electron chi connectivity index (χ1n) is 13.7. The summed E-state index contributed by atoms with van der Waals surface area (Å²) in [6.45, 7) is 6.54. The molecule has 6 aromatic rings. The maximum Gasteiger partial charge on any atom is 0.415 e. The summed E-state index contributed by atoms with van der Waals surface area (Å²) in [7, 11) is 0. The Morgan fingerprint density at radius 1 is 0.636 bits per heavy atom. The summed E-state index contributed by atoms with van der Waals surface area (Å²) < 4.78 is 51.4. The molecule has 225 valence electrons. The Morgan fingerprint density at radius 3 is 2.05 bits per heavy atom. The fourth-order valence-electron chi connectivity index (χ4n) is 4.73. The minimum absolute atomic E-state index is 0. The zero-order valence-electron chi connectivity index (χ0n) is 24.2. The molecule has 2 aromatic heterocycles. The van der Waals surface area contributed by atoms with E-state index in [0.29, 0.717) is 5.39 Å². The summed E-state index contributed by atoms with van der Waals surface area (Å²) in [6.07, 6.45) is -0.898. The molecule has 4 aromatic carbocycles. The third-order valence-electron chi connectivity index (χ3n) is 6.89. The van der Waals surface area contributed by atoms with E-state index in [1.54, 1.807) is 24.5 Å². The van der Waals surface area contributed by atoms with Gasteiger partial charge in [0.1, 0.15) is 0 Å². The molecule has 2 nitrogen and oxygen atoms in total. The summed E-state index contributed by atoms with van der Waals surface area (Å²) in [5.74, 6) is -0.278. The SMILES string of the molecule is CC(C)(C)c1ccccc1-c1ccnc(-c2[c-]cc3cc(C(F)(F)F)ccc3c2)c1.Fc1c[c-]c(-c2ccccn2)cc1.[Ir]. The molecule has 0 fully saturated rings. The van der Waals surface area contributed by atoms with Crippen LogP contribution >= 0.6 is 0 Å². The minimum atomic E-state index is -4.36. The number of hydrogen-bond acceptors (Lipinski definition) is 2. The molecule has 0 bridgehead atoms. The van der Waals surface area contributed by atoms with Gasteiger partial charge in [-0.15, -0.1) is 59.0 Å². The largest absolute Gasteiger partial charge is 0.415 e. The Balaban J connectivity index is 0.000000264. The van der Waals surface area contributed by atoms with Gasteiger partial charge in [0.2, 0.25) is 0 Å². The van der Waals surface area contributed by atoms with Crippen molar-refractivity contribution < 1.29 is 37.7 Å². The quantitative estimate of drug-likeness (QED) is 0.132. The van der Waals surface area contributed by atoms with Gasteiger partial charge >= 0.3 is 6.18 Å². The molecule has 44 heavy (non-hydrogen) atoms. The van der Waals surface area contributed by atoms with Crippen molar-refractivity contribution in [2.24, 2.45) is 0 Å². The molecule has 2 heterocycles. The predicted octanol–water partition coefficient (Wildman–Crippen LogP) is 10.4. The van der Waals surface area contributed by atoms with E-state index in [1.807, 2.05) is 48.5 Å². The number of pyridine rings is 2. The summed E-state index contributed by atoms with van der Waals surface area (Å²) >= 11 is 0. The number of rotatable bonds is 3. The zero-order valence-corrected chi connectivity index (χ0v) is 26.6. The monoisotopic (exact) mass is 769 g/mol. The van der Waals surface area contributed by atoms with Crippen molar-refractivity contribution in [1.82, 2.24) is 9.97 Å². The Morgan fingerprint density at radius 2 is 1.36 bits per heavy atom. The van der Waals surface area contributed by atoms with E-state index in [4.69, 9.17) is 0 Å². The van der Waals surface area contributed by atoms with Gasteiger partial charge in [0.25, 0.3) is 0 Å². The van der Waals surface area contributed by atoms with Gasteiger partial charge in [-0.1, -0.05) is 86.8 Å². The Bertz CT molecular complexity index is 1850. The fraction of sp³-hybridized carbons (Fsp3) is 0.135. The molecule has 0 spiro atoms. The van der Waals surface area contributed by atoms with Gasteiger partial charge in [-0.3, -0.25) is 4.39 Å². The zero-order chi connectivity index (χ0) is 30.6.